The maximum atomic E-state index is 10.6. The molecular formula is C11H19N3O2. The van der Waals surface area contributed by atoms with Crippen LogP contribution in [0, 0.1) is 0 Å². The fourth-order valence-corrected chi connectivity index (χ4v) is 1.66. The van der Waals surface area contributed by atoms with Crippen LogP contribution < -0.4 is 5.73 Å². The molecule has 3 N–H and O–H groups in total. The largest absolute Gasteiger partial charge is 0.481 e. The van der Waals surface area contributed by atoms with E-state index < -0.39 is 12.0 Å². The molecule has 1 aromatic rings. The normalized spacial score (nSPS) is 13.8. The van der Waals surface area contributed by atoms with Crippen molar-refractivity contribution in [3.05, 3.63) is 17.5 Å². The van der Waals surface area contributed by atoms with Crippen molar-refractivity contribution in [2.24, 2.45) is 12.8 Å². The number of carboxylic acids is 1. The summed E-state index contributed by atoms with van der Waals surface area (Å²) in [5, 5.41) is 13.1. The summed E-state index contributed by atoms with van der Waals surface area (Å²) >= 11 is 0. The van der Waals surface area contributed by atoms with Crippen LogP contribution in [0.5, 0.6) is 0 Å². The lowest BCUT2D eigenvalue weighted by Gasteiger charge is -2.19. The lowest BCUT2D eigenvalue weighted by atomic mass is 9.87. The molecule has 0 aliphatic rings. The molecule has 0 amide bonds. The maximum absolute atomic E-state index is 10.6. The second kappa shape index (κ2) is 4.25. The molecule has 0 saturated heterocycles. The Morgan fingerprint density at radius 1 is 1.62 bits per heavy atom. The van der Waals surface area contributed by atoms with Gasteiger partial charge >= 0.3 is 5.97 Å². The molecule has 90 valence electrons. The van der Waals surface area contributed by atoms with Gasteiger partial charge in [-0.25, -0.2) is 0 Å². The molecule has 0 aromatic carbocycles. The molecule has 16 heavy (non-hydrogen) atoms. The lowest BCUT2D eigenvalue weighted by Crippen LogP contribution is -2.21. The predicted octanol–water partition coefficient (Wildman–Crippen LogP) is 1.19. The van der Waals surface area contributed by atoms with Crippen LogP contribution in [0.1, 0.15) is 44.5 Å². The van der Waals surface area contributed by atoms with E-state index in [4.69, 9.17) is 10.8 Å². The van der Waals surface area contributed by atoms with Gasteiger partial charge in [0.15, 0.2) is 0 Å². The van der Waals surface area contributed by atoms with Gasteiger partial charge in [-0.1, -0.05) is 20.8 Å². The van der Waals surface area contributed by atoms with E-state index in [1.165, 1.54) is 0 Å². The first-order chi connectivity index (χ1) is 7.21. The Hall–Kier alpha value is -1.36. The van der Waals surface area contributed by atoms with Crippen LogP contribution in [-0.2, 0) is 17.3 Å². The van der Waals surface area contributed by atoms with Gasteiger partial charge in [0.2, 0.25) is 0 Å². The minimum atomic E-state index is -0.892. The summed E-state index contributed by atoms with van der Waals surface area (Å²) in [5.41, 5.74) is 7.42. The second-order valence-electron chi connectivity index (χ2n) is 5.06. The summed E-state index contributed by atoms with van der Waals surface area (Å²) in [6.07, 6.45) is 1.73. The van der Waals surface area contributed by atoms with Gasteiger partial charge in [-0.2, -0.15) is 5.10 Å². The van der Waals surface area contributed by atoms with Crippen molar-refractivity contribution in [1.82, 2.24) is 9.78 Å². The summed E-state index contributed by atoms with van der Waals surface area (Å²) in [6.45, 7) is 6.10. The maximum Gasteiger partial charge on any atom is 0.305 e. The van der Waals surface area contributed by atoms with Crippen molar-refractivity contribution in [1.29, 1.82) is 0 Å². The third-order valence-electron chi connectivity index (χ3n) is 2.36. The number of carboxylic acid groups (broad SMARTS) is 1. The summed E-state index contributed by atoms with van der Waals surface area (Å²) in [7, 11) is 1.81. The zero-order valence-corrected chi connectivity index (χ0v) is 10.2. The van der Waals surface area contributed by atoms with Crippen LogP contribution in [0.15, 0.2) is 6.20 Å². The number of nitrogens with zero attached hydrogens (tertiary/aromatic N) is 2. The molecule has 5 nitrogen and oxygen atoms in total. The molecule has 0 spiro atoms. The predicted molar refractivity (Wildman–Crippen MR) is 61.1 cm³/mol. The quantitative estimate of drug-likeness (QED) is 0.809. The Morgan fingerprint density at radius 3 is 2.62 bits per heavy atom. The highest BCUT2D eigenvalue weighted by Gasteiger charge is 2.25. The fraction of sp³-hybridized carbons (Fsp3) is 0.636. The van der Waals surface area contributed by atoms with Gasteiger partial charge in [0, 0.05) is 30.3 Å². The lowest BCUT2D eigenvalue weighted by molar-refractivity contribution is -0.137. The first-order valence-electron chi connectivity index (χ1n) is 5.23. The smallest absolute Gasteiger partial charge is 0.305 e. The highest BCUT2D eigenvalue weighted by atomic mass is 16.4. The van der Waals surface area contributed by atoms with E-state index in [0.29, 0.717) is 0 Å². The second-order valence-corrected chi connectivity index (χ2v) is 5.06. The van der Waals surface area contributed by atoms with Crippen molar-refractivity contribution in [3.63, 3.8) is 0 Å². The van der Waals surface area contributed by atoms with E-state index in [9.17, 15) is 4.79 Å². The fourth-order valence-electron chi connectivity index (χ4n) is 1.66. The molecule has 0 aliphatic heterocycles. The number of aliphatic carboxylic acids is 1. The molecule has 1 atom stereocenters. The highest BCUT2D eigenvalue weighted by molar-refractivity contribution is 5.68. The van der Waals surface area contributed by atoms with E-state index in [1.807, 2.05) is 27.8 Å². The van der Waals surface area contributed by atoms with Crippen molar-refractivity contribution in [2.45, 2.75) is 38.6 Å². The van der Waals surface area contributed by atoms with Crippen LogP contribution in [0.3, 0.4) is 0 Å². The molecule has 0 radical (unpaired) electrons. The first kappa shape index (κ1) is 12.7. The zero-order valence-electron chi connectivity index (χ0n) is 10.2. The highest BCUT2D eigenvalue weighted by Crippen LogP contribution is 2.28. The van der Waals surface area contributed by atoms with Crippen molar-refractivity contribution < 1.29 is 9.90 Å². The Kier molecular flexibility index (Phi) is 3.38. The van der Waals surface area contributed by atoms with Crippen LogP contribution >= 0.6 is 0 Å². The van der Waals surface area contributed by atoms with E-state index in [0.717, 1.165) is 11.3 Å². The molecule has 0 aliphatic carbocycles. The Bertz CT molecular complexity index is 390. The zero-order chi connectivity index (χ0) is 12.5. The minimum Gasteiger partial charge on any atom is -0.481 e. The van der Waals surface area contributed by atoms with Crippen molar-refractivity contribution in [2.75, 3.05) is 0 Å². The van der Waals surface area contributed by atoms with Gasteiger partial charge in [-0.15, -0.1) is 0 Å². The molecule has 1 heterocycles. The third-order valence-corrected chi connectivity index (χ3v) is 2.36. The molecule has 1 rings (SSSR count). The number of hydrogen-bond donors (Lipinski definition) is 2. The molecule has 0 bridgehead atoms. The number of hydrogen-bond acceptors (Lipinski definition) is 3. The average Bonchev–Trinajstić information content (AvgIpc) is 2.45. The number of aromatic nitrogens is 2. The van der Waals surface area contributed by atoms with Gasteiger partial charge in [-0.3, -0.25) is 9.48 Å². The monoisotopic (exact) mass is 225 g/mol. The standard InChI is InChI=1S/C11H19N3O2/c1-11(2,3)10-7(6-14(4)13-10)8(12)5-9(15)16/h6,8H,5,12H2,1-4H3,(H,15,16). The van der Waals surface area contributed by atoms with Gasteiger partial charge in [0.1, 0.15) is 0 Å². The van der Waals surface area contributed by atoms with E-state index in [-0.39, 0.29) is 11.8 Å². The SMILES string of the molecule is Cn1cc(C(N)CC(=O)O)c(C(C)(C)C)n1. The number of aryl methyl sites for hydroxylation is 1. The third kappa shape index (κ3) is 2.82. The van der Waals surface area contributed by atoms with E-state index in [2.05, 4.69) is 5.10 Å². The summed E-state index contributed by atoms with van der Waals surface area (Å²) in [4.78, 5) is 10.6. The van der Waals surface area contributed by atoms with Crippen LogP contribution in [-0.4, -0.2) is 20.9 Å². The number of nitrogens with two attached hydrogens (primary N) is 1. The summed E-state index contributed by atoms with van der Waals surface area (Å²) < 4.78 is 1.68. The van der Waals surface area contributed by atoms with Crippen molar-refractivity contribution in [3.8, 4) is 0 Å². The number of carbonyl (C=O) groups is 1. The van der Waals surface area contributed by atoms with Crippen LogP contribution in [0.2, 0.25) is 0 Å². The molecule has 5 heteroatoms. The molecule has 1 unspecified atom stereocenters. The summed E-state index contributed by atoms with van der Waals surface area (Å²) in [6, 6.07) is -0.500. The number of rotatable bonds is 3. The van der Waals surface area contributed by atoms with E-state index >= 15 is 0 Å². The Balaban J connectivity index is 3.08. The van der Waals surface area contributed by atoms with E-state index in [1.54, 1.807) is 10.9 Å². The molecule has 1 aromatic heterocycles. The van der Waals surface area contributed by atoms with Gasteiger partial charge in [-0.05, 0) is 0 Å². The minimum absolute atomic E-state index is 0.0746. The van der Waals surface area contributed by atoms with Gasteiger partial charge in [0.05, 0.1) is 12.1 Å². The first-order valence-corrected chi connectivity index (χ1v) is 5.23. The molecule has 0 saturated carbocycles. The Labute approximate surface area is 95.3 Å². The van der Waals surface area contributed by atoms with Crippen molar-refractivity contribution >= 4 is 5.97 Å². The van der Waals surface area contributed by atoms with Crippen LogP contribution in [0.25, 0.3) is 0 Å². The van der Waals surface area contributed by atoms with Crippen LogP contribution in [0.4, 0.5) is 0 Å². The van der Waals surface area contributed by atoms with Gasteiger partial charge in [0.25, 0.3) is 0 Å². The topological polar surface area (TPSA) is 81.1 Å². The average molecular weight is 225 g/mol. The van der Waals surface area contributed by atoms with Gasteiger partial charge < -0.3 is 10.8 Å². The Morgan fingerprint density at radius 2 is 2.19 bits per heavy atom. The molecular weight excluding hydrogens is 206 g/mol. The molecule has 0 fully saturated rings. The summed E-state index contributed by atoms with van der Waals surface area (Å²) in [5.74, 6) is -0.892.